The smallest absolute Gasteiger partial charge is 0.153 e. The molecule has 5 heteroatoms. The number of pyridine rings is 1. The maximum absolute atomic E-state index is 5.36. The Morgan fingerprint density at radius 2 is 1.96 bits per heavy atom. The van der Waals surface area contributed by atoms with E-state index in [4.69, 9.17) is 9.72 Å². The summed E-state index contributed by atoms with van der Waals surface area (Å²) in [6.45, 7) is 9.25. The van der Waals surface area contributed by atoms with Gasteiger partial charge in [0.05, 0.1) is 18.2 Å². The van der Waals surface area contributed by atoms with Gasteiger partial charge in [0.1, 0.15) is 0 Å². The third-order valence-corrected chi connectivity index (χ3v) is 5.91. The molecule has 3 aromatic rings. The average molecular weight is 386 g/mol. The van der Waals surface area contributed by atoms with Crippen molar-refractivity contribution >= 4 is 29.1 Å². The van der Waals surface area contributed by atoms with E-state index in [2.05, 4.69) is 60.6 Å². The van der Waals surface area contributed by atoms with E-state index in [0.717, 1.165) is 25.3 Å². The highest BCUT2D eigenvalue weighted by Gasteiger charge is 2.27. The molecule has 1 atom stereocenters. The van der Waals surface area contributed by atoms with Crippen LogP contribution in [0.1, 0.15) is 35.3 Å². The minimum absolute atomic E-state index is 0. The third-order valence-electron chi connectivity index (χ3n) is 5.91. The molecule has 1 unspecified atom stereocenters. The fourth-order valence-electron chi connectivity index (χ4n) is 4.31. The number of hydrogen-bond acceptors (Lipinski definition) is 3. The quantitative estimate of drug-likeness (QED) is 0.643. The summed E-state index contributed by atoms with van der Waals surface area (Å²) in [5.41, 5.74) is 6.76. The van der Waals surface area contributed by atoms with E-state index in [9.17, 15) is 0 Å². The molecule has 0 bridgehead atoms. The maximum Gasteiger partial charge on any atom is 0.153 e. The molecule has 0 N–H and O–H groups in total. The van der Waals surface area contributed by atoms with Crippen molar-refractivity contribution in [3.05, 3.63) is 58.9 Å². The summed E-state index contributed by atoms with van der Waals surface area (Å²) < 4.78 is 7.74. The summed E-state index contributed by atoms with van der Waals surface area (Å²) in [5, 5.41) is 1.30. The summed E-state index contributed by atoms with van der Waals surface area (Å²) >= 11 is 0. The molecular formula is C22H28ClN3O. The van der Waals surface area contributed by atoms with Gasteiger partial charge in [-0.1, -0.05) is 24.3 Å². The molecule has 0 saturated carbocycles. The number of aryl methyl sites for hydroxylation is 1. The zero-order valence-electron chi connectivity index (χ0n) is 16.5. The number of nitrogens with zero attached hydrogens (tertiary/aromatic N) is 3. The van der Waals surface area contributed by atoms with Gasteiger partial charge < -0.3 is 14.2 Å². The topological polar surface area (TPSA) is 30.3 Å². The lowest BCUT2D eigenvalue weighted by Gasteiger charge is -2.36. The van der Waals surface area contributed by atoms with Crippen molar-refractivity contribution in [1.82, 2.24) is 9.55 Å². The lowest BCUT2D eigenvalue weighted by Crippen LogP contribution is -2.35. The van der Waals surface area contributed by atoms with Crippen LogP contribution in [0.2, 0.25) is 0 Å². The first-order valence-electron chi connectivity index (χ1n) is 9.41. The van der Waals surface area contributed by atoms with Crippen molar-refractivity contribution in [2.75, 3.05) is 25.2 Å². The van der Waals surface area contributed by atoms with E-state index in [-0.39, 0.29) is 12.4 Å². The zero-order valence-corrected chi connectivity index (χ0v) is 17.3. The highest BCUT2D eigenvalue weighted by atomic mass is 35.5. The summed E-state index contributed by atoms with van der Waals surface area (Å²) in [6.07, 6.45) is 3.02. The summed E-state index contributed by atoms with van der Waals surface area (Å²) in [5.74, 6) is 1.09. The highest BCUT2D eigenvalue weighted by Crippen LogP contribution is 2.37. The largest absolute Gasteiger partial charge is 0.383 e. The molecule has 1 aliphatic heterocycles. The fourth-order valence-corrected chi connectivity index (χ4v) is 4.31. The number of benzene rings is 1. The van der Waals surface area contributed by atoms with E-state index >= 15 is 0 Å². The van der Waals surface area contributed by atoms with Crippen LogP contribution in [-0.2, 0) is 17.7 Å². The number of methoxy groups -OCH3 is 1. The summed E-state index contributed by atoms with van der Waals surface area (Å²) in [6, 6.07) is 11.3. The third kappa shape index (κ3) is 3.21. The van der Waals surface area contributed by atoms with Crippen LogP contribution in [0, 0.1) is 13.8 Å². The van der Waals surface area contributed by atoms with Crippen molar-refractivity contribution in [2.24, 2.45) is 0 Å². The van der Waals surface area contributed by atoms with E-state index in [1.54, 1.807) is 7.11 Å². The lowest BCUT2D eigenvalue weighted by molar-refractivity contribution is 0.188. The van der Waals surface area contributed by atoms with Gasteiger partial charge in [0.15, 0.2) is 5.82 Å². The Bertz CT molecular complexity index is 950. The highest BCUT2D eigenvalue weighted by molar-refractivity contribution is 5.93. The number of rotatable bonds is 4. The Hall–Kier alpha value is -2.04. The molecule has 0 radical (unpaired) electrons. The van der Waals surface area contributed by atoms with Crippen LogP contribution in [0.3, 0.4) is 0 Å². The first-order valence-corrected chi connectivity index (χ1v) is 9.41. The normalized spacial score (nSPS) is 16.3. The molecule has 144 valence electrons. The van der Waals surface area contributed by atoms with Crippen molar-refractivity contribution in [1.29, 1.82) is 0 Å². The van der Waals surface area contributed by atoms with Crippen LogP contribution >= 0.6 is 12.4 Å². The zero-order chi connectivity index (χ0) is 18.3. The van der Waals surface area contributed by atoms with Gasteiger partial charge in [-0.3, -0.25) is 0 Å². The molecule has 0 spiro atoms. The number of halogens is 1. The number of anilines is 1. The standard InChI is InChI=1S/C22H27N3O.ClH/c1-15-16(2)24(13-14-26-4)21-19(15)9-11-23-22(21)25-12-10-18-7-5-6-8-20(18)17(25)3;/h5-9,11,17H,10,12-14H2,1-4H3;1H. The van der Waals surface area contributed by atoms with Crippen molar-refractivity contribution in [3.8, 4) is 0 Å². The lowest BCUT2D eigenvalue weighted by atomic mass is 9.93. The minimum atomic E-state index is 0. The molecule has 0 saturated heterocycles. The number of hydrogen-bond donors (Lipinski definition) is 0. The van der Waals surface area contributed by atoms with Crippen molar-refractivity contribution in [3.63, 3.8) is 0 Å². The molecule has 0 aliphatic carbocycles. The number of fused-ring (bicyclic) bond motifs is 2. The second kappa shape index (κ2) is 7.91. The molecule has 1 aromatic carbocycles. The van der Waals surface area contributed by atoms with Gasteiger partial charge in [-0.2, -0.15) is 0 Å². The molecule has 0 amide bonds. The minimum Gasteiger partial charge on any atom is -0.383 e. The molecule has 4 rings (SSSR count). The predicted molar refractivity (Wildman–Crippen MR) is 114 cm³/mol. The molecular weight excluding hydrogens is 358 g/mol. The summed E-state index contributed by atoms with van der Waals surface area (Å²) in [7, 11) is 1.76. The Morgan fingerprint density at radius 1 is 1.19 bits per heavy atom. The first kappa shape index (κ1) is 19.7. The SMILES string of the molecule is COCCn1c(C)c(C)c2ccnc(N3CCc4ccccc4C3C)c21.Cl. The first-order chi connectivity index (χ1) is 12.6. The monoisotopic (exact) mass is 385 g/mol. The molecule has 27 heavy (non-hydrogen) atoms. The Balaban J connectivity index is 0.00000210. The van der Waals surface area contributed by atoms with Crippen LogP contribution in [0.15, 0.2) is 36.5 Å². The van der Waals surface area contributed by atoms with E-state index < -0.39 is 0 Å². The molecule has 4 nitrogen and oxygen atoms in total. The van der Waals surface area contributed by atoms with Crippen LogP contribution in [0.4, 0.5) is 5.82 Å². The molecule has 3 heterocycles. The van der Waals surface area contributed by atoms with E-state index in [1.165, 1.54) is 33.3 Å². The number of ether oxygens (including phenoxy) is 1. The van der Waals surface area contributed by atoms with Gasteiger partial charge in [-0.05, 0) is 49.9 Å². The van der Waals surface area contributed by atoms with Crippen molar-refractivity contribution in [2.45, 2.75) is 39.8 Å². The van der Waals surface area contributed by atoms with Gasteiger partial charge in [0, 0.05) is 37.5 Å². The molecule has 1 aliphatic rings. The predicted octanol–water partition coefficient (Wildman–Crippen LogP) is 4.85. The second-order valence-electron chi connectivity index (χ2n) is 7.20. The van der Waals surface area contributed by atoms with Crippen molar-refractivity contribution < 1.29 is 4.74 Å². The van der Waals surface area contributed by atoms with Gasteiger partial charge >= 0.3 is 0 Å². The second-order valence-corrected chi connectivity index (χ2v) is 7.20. The van der Waals surface area contributed by atoms with Gasteiger partial charge in [-0.25, -0.2) is 4.98 Å². The van der Waals surface area contributed by atoms with E-state index in [0.29, 0.717) is 12.6 Å². The Labute approximate surface area is 167 Å². The van der Waals surface area contributed by atoms with Gasteiger partial charge in [0.25, 0.3) is 0 Å². The van der Waals surface area contributed by atoms with Crippen LogP contribution < -0.4 is 4.90 Å². The van der Waals surface area contributed by atoms with Crippen LogP contribution in [0.5, 0.6) is 0 Å². The van der Waals surface area contributed by atoms with E-state index in [1.807, 2.05) is 6.20 Å². The van der Waals surface area contributed by atoms with Gasteiger partial charge in [0.2, 0.25) is 0 Å². The maximum atomic E-state index is 5.36. The average Bonchev–Trinajstić information content (AvgIpc) is 2.91. The Morgan fingerprint density at radius 3 is 2.74 bits per heavy atom. The molecule has 0 fully saturated rings. The van der Waals surface area contributed by atoms with Crippen LogP contribution in [-0.4, -0.2) is 29.8 Å². The summed E-state index contributed by atoms with van der Waals surface area (Å²) in [4.78, 5) is 7.31. The van der Waals surface area contributed by atoms with Gasteiger partial charge in [-0.15, -0.1) is 12.4 Å². The fraction of sp³-hybridized carbons (Fsp3) is 0.409. The van der Waals surface area contributed by atoms with Crippen LogP contribution in [0.25, 0.3) is 10.9 Å². The number of aromatic nitrogens is 2. The molecule has 2 aromatic heterocycles. The Kier molecular flexibility index (Phi) is 5.78.